The van der Waals surface area contributed by atoms with Crippen molar-refractivity contribution in [1.29, 1.82) is 0 Å². The molecule has 0 saturated heterocycles. The number of fused-ring (bicyclic) bond motifs is 12. The molecule has 0 atom stereocenters. The SMILES string of the molecule is c1ccc(-n2c3ccccc3c3c4c5ccccc5oc4c4c5ccccc5oc4c32)nc1. The van der Waals surface area contributed by atoms with Crippen LogP contribution >= 0.6 is 0 Å². The Hall–Kier alpha value is -4.57. The molecule has 0 aliphatic carbocycles. The number of para-hydroxylation sites is 3. The Bertz CT molecular complexity index is 2020. The van der Waals surface area contributed by atoms with Crippen LogP contribution in [0.4, 0.5) is 0 Å². The molecular weight excluding hydrogens is 408 g/mol. The van der Waals surface area contributed by atoms with Crippen LogP contribution in [-0.2, 0) is 0 Å². The first-order valence-electron chi connectivity index (χ1n) is 11.0. The zero-order valence-electron chi connectivity index (χ0n) is 17.4. The lowest BCUT2D eigenvalue weighted by Crippen LogP contribution is -1.96. The van der Waals surface area contributed by atoms with E-state index in [1.54, 1.807) is 0 Å². The van der Waals surface area contributed by atoms with Crippen molar-refractivity contribution in [1.82, 2.24) is 9.55 Å². The van der Waals surface area contributed by atoms with Gasteiger partial charge in [0.1, 0.15) is 22.6 Å². The van der Waals surface area contributed by atoms with Gasteiger partial charge in [0.05, 0.1) is 16.4 Å². The Morgan fingerprint density at radius 2 is 1.18 bits per heavy atom. The number of nitrogens with zero attached hydrogens (tertiary/aromatic N) is 2. The van der Waals surface area contributed by atoms with Gasteiger partial charge in [-0.1, -0.05) is 60.7 Å². The Kier molecular flexibility index (Phi) is 3.11. The maximum Gasteiger partial charge on any atom is 0.163 e. The molecule has 0 N–H and O–H groups in total. The van der Waals surface area contributed by atoms with E-state index in [4.69, 9.17) is 13.8 Å². The first-order chi connectivity index (χ1) is 16.4. The van der Waals surface area contributed by atoms with E-state index in [1.165, 1.54) is 0 Å². The highest BCUT2D eigenvalue weighted by molar-refractivity contribution is 6.38. The first kappa shape index (κ1) is 17.0. The zero-order chi connectivity index (χ0) is 21.5. The molecule has 4 aromatic carbocycles. The molecule has 0 unspecified atom stereocenters. The van der Waals surface area contributed by atoms with Gasteiger partial charge in [-0.05, 0) is 30.3 Å². The minimum atomic E-state index is 0.819. The van der Waals surface area contributed by atoms with Crippen molar-refractivity contribution in [3.05, 3.63) is 97.2 Å². The van der Waals surface area contributed by atoms with Crippen LogP contribution < -0.4 is 0 Å². The van der Waals surface area contributed by atoms with Crippen LogP contribution in [-0.4, -0.2) is 9.55 Å². The maximum absolute atomic E-state index is 6.55. The van der Waals surface area contributed by atoms with Crippen molar-refractivity contribution < 1.29 is 8.83 Å². The summed E-state index contributed by atoms with van der Waals surface area (Å²) in [4.78, 5) is 4.71. The smallest absolute Gasteiger partial charge is 0.163 e. The van der Waals surface area contributed by atoms with E-state index in [9.17, 15) is 0 Å². The fourth-order valence-electron chi connectivity index (χ4n) is 5.34. The minimum Gasteiger partial charge on any atom is -0.455 e. The fourth-order valence-corrected chi connectivity index (χ4v) is 5.34. The molecule has 4 heterocycles. The van der Waals surface area contributed by atoms with E-state index in [0.29, 0.717) is 0 Å². The van der Waals surface area contributed by atoms with E-state index in [1.807, 2.05) is 54.7 Å². The lowest BCUT2D eigenvalue weighted by Gasteiger charge is -2.06. The van der Waals surface area contributed by atoms with Gasteiger partial charge in [-0.2, -0.15) is 0 Å². The minimum absolute atomic E-state index is 0.819. The highest BCUT2D eigenvalue weighted by Gasteiger charge is 2.26. The molecule has 4 aromatic heterocycles. The van der Waals surface area contributed by atoms with Gasteiger partial charge >= 0.3 is 0 Å². The number of hydrogen-bond acceptors (Lipinski definition) is 3. The monoisotopic (exact) mass is 424 g/mol. The lowest BCUT2D eigenvalue weighted by atomic mass is 10.0. The summed E-state index contributed by atoms with van der Waals surface area (Å²) in [6.07, 6.45) is 1.83. The number of benzene rings is 4. The molecule has 0 aliphatic rings. The second kappa shape index (κ2) is 6.02. The molecule has 0 bridgehead atoms. The molecule has 154 valence electrons. The van der Waals surface area contributed by atoms with Gasteiger partial charge < -0.3 is 8.83 Å². The van der Waals surface area contributed by atoms with E-state index in [-0.39, 0.29) is 0 Å². The standard InChI is InChI=1S/C29H16N2O2/c1-4-12-20-17(9-1)24-25-18-10-2-5-13-21(18)32-28(25)26-19-11-3-6-14-22(19)33-29(26)27(24)31(20)23-15-7-8-16-30-23/h1-16H. The van der Waals surface area contributed by atoms with E-state index in [0.717, 1.165) is 71.5 Å². The predicted octanol–water partition coefficient (Wildman–Crippen LogP) is 7.98. The van der Waals surface area contributed by atoms with Gasteiger partial charge in [-0.25, -0.2) is 4.98 Å². The highest BCUT2D eigenvalue weighted by Crippen LogP contribution is 2.48. The number of pyridine rings is 1. The summed E-state index contributed by atoms with van der Waals surface area (Å²) in [5.74, 6) is 0.859. The summed E-state index contributed by atoms with van der Waals surface area (Å²) in [6.45, 7) is 0. The number of aromatic nitrogens is 2. The quantitative estimate of drug-likeness (QED) is 0.268. The molecular formula is C29H16N2O2. The second-order valence-electron chi connectivity index (χ2n) is 8.37. The highest BCUT2D eigenvalue weighted by atomic mass is 16.3. The summed E-state index contributed by atoms with van der Waals surface area (Å²) in [5, 5.41) is 6.56. The van der Waals surface area contributed by atoms with Gasteiger partial charge in [0.2, 0.25) is 0 Å². The zero-order valence-corrected chi connectivity index (χ0v) is 17.4. The summed E-state index contributed by atoms with van der Waals surface area (Å²) >= 11 is 0. The molecule has 4 nitrogen and oxygen atoms in total. The van der Waals surface area contributed by atoms with Crippen LogP contribution in [0, 0.1) is 0 Å². The van der Waals surface area contributed by atoms with Crippen LogP contribution in [0.25, 0.3) is 71.5 Å². The van der Waals surface area contributed by atoms with Gasteiger partial charge in [-0.15, -0.1) is 0 Å². The third-order valence-electron chi connectivity index (χ3n) is 6.64. The molecule has 0 spiro atoms. The molecule has 0 saturated carbocycles. The molecule has 0 radical (unpaired) electrons. The average Bonchev–Trinajstić information content (AvgIpc) is 3.54. The van der Waals surface area contributed by atoms with Gasteiger partial charge in [0.25, 0.3) is 0 Å². The molecule has 8 rings (SSSR count). The Balaban J connectivity index is 1.80. The lowest BCUT2D eigenvalue weighted by molar-refractivity contribution is 0.664. The van der Waals surface area contributed by atoms with Crippen LogP contribution in [0.15, 0.2) is 106 Å². The molecule has 0 amide bonds. The Morgan fingerprint density at radius 1 is 0.545 bits per heavy atom. The van der Waals surface area contributed by atoms with E-state index < -0.39 is 0 Å². The van der Waals surface area contributed by atoms with Crippen LogP contribution in [0.1, 0.15) is 0 Å². The molecule has 0 fully saturated rings. The molecule has 4 heteroatoms. The average molecular weight is 424 g/mol. The van der Waals surface area contributed by atoms with Crippen LogP contribution in [0.5, 0.6) is 0 Å². The molecule has 8 aromatic rings. The predicted molar refractivity (Wildman–Crippen MR) is 133 cm³/mol. The second-order valence-corrected chi connectivity index (χ2v) is 8.37. The van der Waals surface area contributed by atoms with Crippen LogP contribution in [0.3, 0.4) is 0 Å². The largest absolute Gasteiger partial charge is 0.455 e. The van der Waals surface area contributed by atoms with Gasteiger partial charge in [0.15, 0.2) is 5.58 Å². The summed E-state index contributed by atoms with van der Waals surface area (Å²) < 4.78 is 15.3. The first-order valence-corrected chi connectivity index (χ1v) is 11.0. The molecule has 0 aliphatic heterocycles. The van der Waals surface area contributed by atoms with Gasteiger partial charge in [0, 0.05) is 33.1 Å². The fraction of sp³-hybridized carbons (Fsp3) is 0. The topological polar surface area (TPSA) is 44.1 Å². The Morgan fingerprint density at radius 3 is 1.94 bits per heavy atom. The number of furan rings is 2. The third kappa shape index (κ3) is 2.08. The van der Waals surface area contributed by atoms with Crippen molar-refractivity contribution in [2.45, 2.75) is 0 Å². The van der Waals surface area contributed by atoms with Crippen LogP contribution in [0.2, 0.25) is 0 Å². The summed E-state index contributed by atoms with van der Waals surface area (Å²) in [5.41, 5.74) is 5.51. The number of hydrogen-bond donors (Lipinski definition) is 0. The third-order valence-corrected chi connectivity index (χ3v) is 6.64. The number of rotatable bonds is 1. The van der Waals surface area contributed by atoms with Crippen molar-refractivity contribution in [2.75, 3.05) is 0 Å². The van der Waals surface area contributed by atoms with Crippen molar-refractivity contribution in [2.24, 2.45) is 0 Å². The maximum atomic E-state index is 6.55. The van der Waals surface area contributed by atoms with E-state index in [2.05, 4.69) is 47.0 Å². The Labute approximate surface area is 187 Å². The van der Waals surface area contributed by atoms with Gasteiger partial charge in [-0.3, -0.25) is 4.57 Å². The summed E-state index contributed by atoms with van der Waals surface area (Å²) in [6, 6.07) is 30.9. The summed E-state index contributed by atoms with van der Waals surface area (Å²) in [7, 11) is 0. The van der Waals surface area contributed by atoms with Crippen molar-refractivity contribution in [3.63, 3.8) is 0 Å². The normalized spacial score (nSPS) is 12.2. The van der Waals surface area contributed by atoms with E-state index >= 15 is 0 Å². The molecule has 33 heavy (non-hydrogen) atoms. The van der Waals surface area contributed by atoms with Crippen molar-refractivity contribution in [3.8, 4) is 5.82 Å². The van der Waals surface area contributed by atoms with Crippen molar-refractivity contribution >= 4 is 65.7 Å².